The van der Waals surface area contributed by atoms with E-state index in [-0.39, 0.29) is 12.0 Å². The molecule has 1 aliphatic rings. The van der Waals surface area contributed by atoms with Crippen LogP contribution in [0.2, 0.25) is 0 Å². The molecule has 24 heavy (non-hydrogen) atoms. The number of Topliss-reactive ketones (excluding diaryl/α,β-unsaturated/α-hetero) is 2. The summed E-state index contributed by atoms with van der Waals surface area (Å²) in [5.74, 6) is -3.02. The van der Waals surface area contributed by atoms with Gasteiger partial charge in [-0.25, -0.2) is 4.79 Å². The van der Waals surface area contributed by atoms with Crippen molar-refractivity contribution in [3.05, 3.63) is 29.3 Å². The van der Waals surface area contributed by atoms with Crippen molar-refractivity contribution in [1.29, 1.82) is 0 Å². The average molecular weight is 332 g/mol. The van der Waals surface area contributed by atoms with Gasteiger partial charge in [-0.2, -0.15) is 0 Å². The maximum absolute atomic E-state index is 12.8. The molecule has 5 nitrogen and oxygen atoms in total. The molecular weight excluding hydrogens is 308 g/mol. The van der Waals surface area contributed by atoms with Gasteiger partial charge in [0, 0.05) is 0 Å². The molecule has 130 valence electrons. The monoisotopic (exact) mass is 332 g/mol. The molecule has 0 fully saturated rings. The van der Waals surface area contributed by atoms with Gasteiger partial charge in [0.15, 0.2) is 5.78 Å². The van der Waals surface area contributed by atoms with E-state index < -0.39 is 29.1 Å². The number of esters is 1. The molecule has 1 aliphatic heterocycles. The van der Waals surface area contributed by atoms with Crippen LogP contribution in [-0.2, 0) is 19.7 Å². The van der Waals surface area contributed by atoms with Gasteiger partial charge in [0.05, 0.1) is 12.2 Å². The van der Waals surface area contributed by atoms with Gasteiger partial charge < -0.3 is 9.47 Å². The Bertz CT molecular complexity index is 694. The Morgan fingerprint density at radius 2 is 1.88 bits per heavy atom. The quantitative estimate of drug-likeness (QED) is 0.483. The highest BCUT2D eigenvalue weighted by atomic mass is 16.5. The first-order valence-electron chi connectivity index (χ1n) is 8.07. The Morgan fingerprint density at radius 1 is 1.25 bits per heavy atom. The zero-order valence-corrected chi connectivity index (χ0v) is 15.1. The van der Waals surface area contributed by atoms with Crippen LogP contribution in [0.4, 0.5) is 0 Å². The molecule has 1 atom stereocenters. The lowest BCUT2D eigenvalue weighted by Crippen LogP contribution is -2.52. The lowest BCUT2D eigenvalue weighted by Gasteiger charge is -2.38. The zero-order valence-electron chi connectivity index (χ0n) is 15.1. The summed E-state index contributed by atoms with van der Waals surface area (Å²) in [6.07, 6.45) is 0. The van der Waals surface area contributed by atoms with Crippen LogP contribution in [-0.4, -0.2) is 29.7 Å². The third-order valence-electron chi connectivity index (χ3n) is 4.18. The molecule has 1 aromatic carbocycles. The third-order valence-corrected chi connectivity index (χ3v) is 4.18. The van der Waals surface area contributed by atoms with E-state index in [0.717, 1.165) is 5.56 Å². The van der Waals surface area contributed by atoms with Crippen LogP contribution in [0.5, 0.6) is 5.75 Å². The summed E-state index contributed by atoms with van der Waals surface area (Å²) in [6.45, 7) is 11.2. The highest BCUT2D eigenvalue weighted by Crippen LogP contribution is 2.39. The number of rotatable bonds is 3. The smallest absolute Gasteiger partial charge is 0.375 e. The van der Waals surface area contributed by atoms with Gasteiger partial charge in [0.1, 0.15) is 17.3 Å². The molecule has 1 aromatic rings. The highest BCUT2D eigenvalue weighted by molar-refractivity contribution is 6.40. The van der Waals surface area contributed by atoms with Gasteiger partial charge in [0.2, 0.25) is 0 Å². The summed E-state index contributed by atoms with van der Waals surface area (Å²) in [4.78, 5) is 37.0. The van der Waals surface area contributed by atoms with Crippen LogP contribution in [0.3, 0.4) is 0 Å². The molecule has 2 rings (SSSR count). The van der Waals surface area contributed by atoms with Crippen molar-refractivity contribution in [3.8, 4) is 5.75 Å². The molecular formula is C19H24O5. The van der Waals surface area contributed by atoms with E-state index in [1.165, 1.54) is 0 Å². The molecule has 0 saturated heterocycles. The maximum Gasteiger partial charge on any atom is 0.375 e. The summed E-state index contributed by atoms with van der Waals surface area (Å²) in [6, 6.07) is 5.35. The minimum absolute atomic E-state index is 0.0816. The Hall–Kier alpha value is -2.17. The summed E-state index contributed by atoms with van der Waals surface area (Å²) in [7, 11) is 0. The summed E-state index contributed by atoms with van der Waals surface area (Å²) < 4.78 is 10.7. The number of carbonyl (C=O) groups excluding carboxylic acids is 3. The van der Waals surface area contributed by atoms with E-state index in [2.05, 4.69) is 20.8 Å². The molecule has 0 spiro atoms. The Morgan fingerprint density at radius 3 is 2.42 bits per heavy atom. The first-order chi connectivity index (χ1) is 11.0. The van der Waals surface area contributed by atoms with Crippen LogP contribution in [0, 0.1) is 5.92 Å². The lowest BCUT2D eigenvalue weighted by atomic mass is 9.77. The predicted molar refractivity (Wildman–Crippen MR) is 89.3 cm³/mol. The van der Waals surface area contributed by atoms with Gasteiger partial charge in [0.25, 0.3) is 5.78 Å². The fourth-order valence-electron chi connectivity index (χ4n) is 2.85. The largest absolute Gasteiger partial charge is 0.486 e. The fourth-order valence-corrected chi connectivity index (χ4v) is 2.85. The molecule has 0 N–H and O–H groups in total. The van der Waals surface area contributed by atoms with Crippen molar-refractivity contribution in [1.82, 2.24) is 0 Å². The first-order valence-corrected chi connectivity index (χ1v) is 8.07. The second-order valence-corrected chi connectivity index (χ2v) is 7.55. The number of ketones is 2. The van der Waals surface area contributed by atoms with Gasteiger partial charge in [-0.1, -0.05) is 26.8 Å². The Kier molecular flexibility index (Phi) is 4.57. The van der Waals surface area contributed by atoms with Crippen LogP contribution >= 0.6 is 0 Å². The fraction of sp³-hybridized carbons (Fsp3) is 0.526. The second kappa shape index (κ2) is 6.04. The number of hydrogen-bond donors (Lipinski definition) is 0. The highest BCUT2D eigenvalue weighted by Gasteiger charge is 2.50. The van der Waals surface area contributed by atoms with E-state index in [4.69, 9.17) is 9.47 Å². The van der Waals surface area contributed by atoms with Crippen molar-refractivity contribution < 1.29 is 23.9 Å². The maximum atomic E-state index is 12.8. The minimum Gasteiger partial charge on any atom is -0.486 e. The van der Waals surface area contributed by atoms with Gasteiger partial charge in [-0.3, -0.25) is 9.59 Å². The molecule has 0 saturated carbocycles. The molecule has 5 heteroatoms. The molecule has 0 aliphatic carbocycles. The summed E-state index contributed by atoms with van der Waals surface area (Å²) in [5, 5.41) is 0. The molecule has 1 unspecified atom stereocenters. The summed E-state index contributed by atoms with van der Waals surface area (Å²) >= 11 is 0. The van der Waals surface area contributed by atoms with E-state index in [1.54, 1.807) is 26.8 Å². The Labute approximate surface area is 142 Å². The molecule has 0 amide bonds. The first kappa shape index (κ1) is 18.2. The van der Waals surface area contributed by atoms with Crippen molar-refractivity contribution in [2.45, 2.75) is 52.6 Å². The SMILES string of the molecule is CCOC(=O)C(=O)C1C(=O)c2ccc(C(C)(C)C)cc2OC1(C)C. The number of fused-ring (bicyclic) bond motifs is 1. The number of hydrogen-bond acceptors (Lipinski definition) is 5. The molecule has 0 radical (unpaired) electrons. The third kappa shape index (κ3) is 3.21. The average Bonchev–Trinajstić information content (AvgIpc) is 2.44. The number of carbonyl (C=O) groups is 3. The number of ether oxygens (including phenoxy) is 2. The van der Waals surface area contributed by atoms with E-state index in [9.17, 15) is 14.4 Å². The van der Waals surface area contributed by atoms with Gasteiger partial charge in [-0.15, -0.1) is 0 Å². The van der Waals surface area contributed by atoms with Crippen molar-refractivity contribution >= 4 is 17.5 Å². The normalized spacial score (nSPS) is 19.2. The Balaban J connectivity index is 2.46. The standard InChI is InChI=1S/C19H24O5/c1-7-23-17(22)16(21)14-15(20)12-9-8-11(18(2,3)4)10-13(12)24-19(14,5)6/h8-10,14H,7H2,1-6H3. The van der Waals surface area contributed by atoms with Crippen molar-refractivity contribution in [2.75, 3.05) is 6.61 Å². The molecule has 0 bridgehead atoms. The second-order valence-electron chi connectivity index (χ2n) is 7.55. The van der Waals surface area contributed by atoms with E-state index >= 15 is 0 Å². The van der Waals surface area contributed by atoms with E-state index in [0.29, 0.717) is 11.3 Å². The number of benzene rings is 1. The van der Waals surface area contributed by atoms with Crippen molar-refractivity contribution in [2.24, 2.45) is 5.92 Å². The minimum atomic E-state index is -1.20. The van der Waals surface area contributed by atoms with Crippen LogP contribution in [0.15, 0.2) is 18.2 Å². The summed E-state index contributed by atoms with van der Waals surface area (Å²) in [5.41, 5.74) is 0.137. The van der Waals surface area contributed by atoms with Gasteiger partial charge >= 0.3 is 5.97 Å². The predicted octanol–water partition coefficient (Wildman–Crippen LogP) is 3.09. The molecule has 0 aromatic heterocycles. The molecule has 1 heterocycles. The van der Waals surface area contributed by atoms with Crippen LogP contribution in [0.1, 0.15) is 57.5 Å². The zero-order chi connectivity index (χ0) is 18.3. The van der Waals surface area contributed by atoms with E-state index in [1.807, 2.05) is 12.1 Å². The topological polar surface area (TPSA) is 69.7 Å². The lowest BCUT2D eigenvalue weighted by molar-refractivity contribution is -0.157. The van der Waals surface area contributed by atoms with Crippen LogP contribution < -0.4 is 4.74 Å². The van der Waals surface area contributed by atoms with Gasteiger partial charge in [-0.05, 0) is 43.9 Å². The van der Waals surface area contributed by atoms with Crippen molar-refractivity contribution in [3.63, 3.8) is 0 Å². The van der Waals surface area contributed by atoms with Crippen LogP contribution in [0.25, 0.3) is 0 Å².